The van der Waals surface area contributed by atoms with Crippen LogP contribution in [-0.2, 0) is 0 Å². The quantitative estimate of drug-likeness (QED) is 0.687. The van der Waals surface area contributed by atoms with Gasteiger partial charge in [0.1, 0.15) is 0 Å². The fourth-order valence-corrected chi connectivity index (χ4v) is 1.96. The molecule has 2 nitrogen and oxygen atoms in total. The van der Waals surface area contributed by atoms with Crippen LogP contribution in [0.3, 0.4) is 0 Å². The Morgan fingerprint density at radius 3 is 1.75 bits per heavy atom. The Bertz CT molecular complexity index is 148. The van der Waals surface area contributed by atoms with Crippen molar-refractivity contribution in [3.8, 4) is 0 Å². The van der Waals surface area contributed by atoms with Crippen molar-refractivity contribution in [1.29, 1.82) is 0 Å². The summed E-state index contributed by atoms with van der Waals surface area (Å²) in [6, 6.07) is 0.648. The van der Waals surface area contributed by atoms with E-state index in [1.54, 1.807) is 0 Å². The lowest BCUT2D eigenvalue weighted by Gasteiger charge is -2.54. The van der Waals surface area contributed by atoms with Crippen LogP contribution in [0.15, 0.2) is 0 Å². The van der Waals surface area contributed by atoms with Crippen LogP contribution in [-0.4, -0.2) is 36.6 Å². The van der Waals surface area contributed by atoms with Crippen molar-refractivity contribution in [3.05, 3.63) is 0 Å². The fraction of sp³-hybridized carbons (Fsp3) is 1.00. The van der Waals surface area contributed by atoms with Gasteiger partial charge in [-0.05, 0) is 26.8 Å². The van der Waals surface area contributed by atoms with Gasteiger partial charge in [0.25, 0.3) is 0 Å². The van der Waals surface area contributed by atoms with E-state index in [0.717, 1.165) is 19.0 Å². The second kappa shape index (κ2) is 3.35. The Balaban J connectivity index is 2.66. The summed E-state index contributed by atoms with van der Waals surface area (Å²) >= 11 is 0. The summed E-state index contributed by atoms with van der Waals surface area (Å²) in [5.41, 5.74) is 0.425. The predicted molar refractivity (Wildman–Crippen MR) is 53.3 cm³/mol. The average Bonchev–Trinajstić information content (AvgIpc) is 1.83. The van der Waals surface area contributed by atoms with Crippen molar-refractivity contribution >= 4 is 0 Å². The molecule has 0 atom stereocenters. The van der Waals surface area contributed by atoms with Gasteiger partial charge in [-0.25, -0.2) is 0 Å². The maximum atomic E-state index is 3.38. The molecule has 0 radical (unpaired) electrons. The minimum Gasteiger partial charge on any atom is -0.313 e. The van der Waals surface area contributed by atoms with Crippen molar-refractivity contribution in [3.63, 3.8) is 0 Å². The van der Waals surface area contributed by atoms with Gasteiger partial charge in [0.15, 0.2) is 0 Å². The Kier molecular flexibility index (Phi) is 2.79. The van der Waals surface area contributed by atoms with Crippen molar-refractivity contribution in [2.75, 3.05) is 20.1 Å². The maximum absolute atomic E-state index is 3.38. The molecule has 1 heterocycles. The van der Waals surface area contributed by atoms with Gasteiger partial charge in [-0.15, -0.1) is 0 Å². The monoisotopic (exact) mass is 170 g/mol. The average molecular weight is 170 g/mol. The first-order valence-electron chi connectivity index (χ1n) is 4.94. The molecule has 0 aromatic heterocycles. The van der Waals surface area contributed by atoms with Crippen LogP contribution >= 0.6 is 0 Å². The topological polar surface area (TPSA) is 15.3 Å². The number of hydrogen-bond acceptors (Lipinski definition) is 2. The lowest BCUT2D eigenvalue weighted by molar-refractivity contribution is -0.00263. The summed E-state index contributed by atoms with van der Waals surface area (Å²) in [4.78, 5) is 2.51. The van der Waals surface area contributed by atoms with E-state index in [1.165, 1.54) is 0 Å². The van der Waals surface area contributed by atoms with Gasteiger partial charge >= 0.3 is 0 Å². The van der Waals surface area contributed by atoms with Gasteiger partial charge < -0.3 is 5.32 Å². The van der Waals surface area contributed by atoms with E-state index >= 15 is 0 Å². The molecule has 0 spiro atoms. The normalized spacial score (nSPS) is 22.0. The van der Waals surface area contributed by atoms with E-state index in [2.05, 4.69) is 45.0 Å². The highest BCUT2D eigenvalue weighted by atomic mass is 15.3. The van der Waals surface area contributed by atoms with Gasteiger partial charge in [0.2, 0.25) is 0 Å². The first-order chi connectivity index (χ1) is 5.50. The van der Waals surface area contributed by atoms with E-state index in [-0.39, 0.29) is 0 Å². The van der Waals surface area contributed by atoms with E-state index in [4.69, 9.17) is 0 Å². The molecule has 1 N–H and O–H groups in total. The second-order valence-corrected chi connectivity index (χ2v) is 4.57. The molecular formula is C10H22N2. The lowest BCUT2D eigenvalue weighted by atomic mass is 9.79. The second-order valence-electron chi connectivity index (χ2n) is 4.57. The molecule has 0 saturated carbocycles. The van der Waals surface area contributed by atoms with Crippen LogP contribution in [0.25, 0.3) is 0 Å². The largest absolute Gasteiger partial charge is 0.313 e. The van der Waals surface area contributed by atoms with Crippen molar-refractivity contribution < 1.29 is 0 Å². The summed E-state index contributed by atoms with van der Waals surface area (Å²) in [5.74, 6) is 0.742. The Morgan fingerprint density at radius 1 is 1.17 bits per heavy atom. The number of nitrogens with zero attached hydrogens (tertiary/aromatic N) is 1. The van der Waals surface area contributed by atoms with Crippen LogP contribution in [0, 0.1) is 5.92 Å². The highest BCUT2D eigenvalue weighted by Crippen LogP contribution is 2.29. The van der Waals surface area contributed by atoms with Crippen LogP contribution < -0.4 is 5.32 Å². The molecule has 1 aliphatic heterocycles. The van der Waals surface area contributed by atoms with E-state index < -0.39 is 0 Å². The Morgan fingerprint density at radius 2 is 1.67 bits per heavy atom. The molecule has 0 unspecified atom stereocenters. The lowest BCUT2D eigenvalue weighted by Crippen LogP contribution is -2.71. The van der Waals surface area contributed by atoms with E-state index in [9.17, 15) is 0 Å². The predicted octanol–water partition coefficient (Wildman–Crippen LogP) is 1.32. The molecule has 0 aromatic carbocycles. The Labute approximate surface area is 76.3 Å². The van der Waals surface area contributed by atoms with Gasteiger partial charge in [0, 0.05) is 24.7 Å². The molecular weight excluding hydrogens is 148 g/mol. The smallest absolute Gasteiger partial charge is 0.0480 e. The van der Waals surface area contributed by atoms with E-state index in [0.29, 0.717) is 11.6 Å². The zero-order chi connectivity index (χ0) is 9.35. The first kappa shape index (κ1) is 10.0. The van der Waals surface area contributed by atoms with Gasteiger partial charge in [-0.3, -0.25) is 4.90 Å². The van der Waals surface area contributed by atoms with Crippen molar-refractivity contribution in [1.82, 2.24) is 10.2 Å². The SMILES string of the molecule is CC(C)N(C)C1(C(C)C)CNC1. The summed E-state index contributed by atoms with van der Waals surface area (Å²) < 4.78 is 0. The number of likely N-dealkylation sites (N-methyl/N-ethyl adjacent to an activating group) is 1. The number of hydrogen-bond donors (Lipinski definition) is 1. The molecule has 0 bridgehead atoms. The molecule has 12 heavy (non-hydrogen) atoms. The molecule has 1 aliphatic rings. The van der Waals surface area contributed by atoms with E-state index in [1.807, 2.05) is 0 Å². The summed E-state index contributed by atoms with van der Waals surface area (Å²) in [6.45, 7) is 11.5. The van der Waals surface area contributed by atoms with Gasteiger partial charge in [-0.2, -0.15) is 0 Å². The highest BCUT2D eigenvalue weighted by molar-refractivity contribution is 5.04. The standard InChI is InChI=1S/C10H22N2/c1-8(2)10(6-11-7-10)12(5)9(3)4/h8-9,11H,6-7H2,1-5H3. The van der Waals surface area contributed by atoms with Crippen LogP contribution in [0.5, 0.6) is 0 Å². The molecule has 1 saturated heterocycles. The summed E-state index contributed by atoms with van der Waals surface area (Å²) in [6.07, 6.45) is 0. The maximum Gasteiger partial charge on any atom is 0.0480 e. The van der Waals surface area contributed by atoms with Crippen molar-refractivity contribution in [2.45, 2.75) is 39.3 Å². The third kappa shape index (κ3) is 1.38. The summed E-state index contributed by atoms with van der Waals surface area (Å²) in [7, 11) is 2.24. The van der Waals surface area contributed by atoms with Crippen LogP contribution in [0.1, 0.15) is 27.7 Å². The fourth-order valence-electron chi connectivity index (χ4n) is 1.96. The zero-order valence-corrected chi connectivity index (χ0v) is 9.02. The Hall–Kier alpha value is -0.0800. The molecule has 72 valence electrons. The van der Waals surface area contributed by atoms with Gasteiger partial charge in [0.05, 0.1) is 0 Å². The van der Waals surface area contributed by atoms with Crippen LogP contribution in [0.2, 0.25) is 0 Å². The minimum atomic E-state index is 0.425. The van der Waals surface area contributed by atoms with Gasteiger partial charge in [-0.1, -0.05) is 13.8 Å². The molecule has 1 rings (SSSR count). The first-order valence-corrected chi connectivity index (χ1v) is 4.94. The molecule has 2 heteroatoms. The van der Waals surface area contributed by atoms with Crippen molar-refractivity contribution in [2.24, 2.45) is 5.92 Å². The molecule has 1 fully saturated rings. The number of nitrogens with one attached hydrogen (secondary N) is 1. The number of rotatable bonds is 3. The molecule has 0 aliphatic carbocycles. The highest BCUT2D eigenvalue weighted by Gasteiger charge is 2.44. The minimum absolute atomic E-state index is 0.425. The molecule has 0 amide bonds. The third-order valence-corrected chi connectivity index (χ3v) is 3.41. The molecule has 0 aromatic rings. The summed E-state index contributed by atoms with van der Waals surface area (Å²) in [5, 5.41) is 3.38. The van der Waals surface area contributed by atoms with Crippen LogP contribution in [0.4, 0.5) is 0 Å². The third-order valence-electron chi connectivity index (χ3n) is 3.41. The zero-order valence-electron chi connectivity index (χ0n) is 9.02.